The Kier molecular flexibility index (Phi) is 9.01. The summed E-state index contributed by atoms with van der Waals surface area (Å²) in [7, 11) is 0. The third-order valence-corrected chi connectivity index (χ3v) is 9.46. The highest BCUT2D eigenvalue weighted by molar-refractivity contribution is 9.09. The first-order valence-electron chi connectivity index (χ1n) is 14.2. The molecule has 3 unspecified atom stereocenters. The summed E-state index contributed by atoms with van der Waals surface area (Å²) in [6, 6.07) is 5.56. The Morgan fingerprint density at radius 1 is 1.20 bits per heavy atom. The van der Waals surface area contributed by atoms with E-state index in [2.05, 4.69) is 31.5 Å². The van der Waals surface area contributed by atoms with Crippen molar-refractivity contribution in [2.45, 2.75) is 55.3 Å². The van der Waals surface area contributed by atoms with Crippen molar-refractivity contribution in [2.24, 2.45) is 11.8 Å². The van der Waals surface area contributed by atoms with Crippen molar-refractivity contribution < 1.29 is 33.7 Å². The summed E-state index contributed by atoms with van der Waals surface area (Å²) < 4.78 is 17.4. The molecule has 0 radical (unpaired) electrons. The standard InChI is InChI=1S/C28H39BrN4O7/c1-3-18(16-34)33-24(26(36)30-9-10-32-11-13-38-14-12-32)28-15-20(29)23(40-28)21(22(28)27(33)37)25(35)31-17-5-7-19(8-6-17)39-4-2/h5-8,18,20-24,34H,3-4,9-16H2,1-2H3,(H,30,36)(H,31,35)/t18-,20?,21+,22-,23+,24?,28?/m0/s1. The van der Waals surface area contributed by atoms with E-state index in [1.807, 2.05) is 13.8 Å². The number of aliphatic hydroxyl groups excluding tert-OH is 1. The van der Waals surface area contributed by atoms with Crippen LogP contribution in [0.25, 0.3) is 0 Å². The first-order chi connectivity index (χ1) is 19.3. The van der Waals surface area contributed by atoms with Gasteiger partial charge in [-0.15, -0.1) is 0 Å². The average Bonchev–Trinajstić information content (AvgIpc) is 3.55. The fraction of sp³-hybridized carbons (Fsp3) is 0.679. The summed E-state index contributed by atoms with van der Waals surface area (Å²) in [6.07, 6.45) is 0.324. The highest BCUT2D eigenvalue weighted by atomic mass is 79.9. The van der Waals surface area contributed by atoms with Gasteiger partial charge in [0.25, 0.3) is 0 Å². The Morgan fingerprint density at radius 3 is 2.58 bits per heavy atom. The van der Waals surface area contributed by atoms with Gasteiger partial charge in [0.15, 0.2) is 0 Å². The second kappa shape index (κ2) is 12.3. The van der Waals surface area contributed by atoms with Crippen molar-refractivity contribution in [3.63, 3.8) is 0 Å². The van der Waals surface area contributed by atoms with Crippen LogP contribution in [0.15, 0.2) is 24.3 Å². The SMILES string of the molecule is CCOc1ccc(NC(=O)[C@H]2[C@@H]3OC4(CC3Br)C(C(=O)NCCN3CCOCC3)N([C@@H](CC)CO)C(=O)[C@H]24)cc1. The Bertz CT molecular complexity index is 1080. The third-order valence-electron chi connectivity index (χ3n) is 8.62. The van der Waals surface area contributed by atoms with Gasteiger partial charge in [-0.3, -0.25) is 19.3 Å². The number of fused-ring (bicyclic) bond motifs is 1. The maximum atomic E-state index is 14.1. The molecule has 1 aromatic carbocycles. The summed E-state index contributed by atoms with van der Waals surface area (Å²) in [6.45, 7) is 8.05. The summed E-state index contributed by atoms with van der Waals surface area (Å²) in [5, 5.41) is 16.1. The number of benzene rings is 1. The zero-order valence-corrected chi connectivity index (χ0v) is 24.6. The molecule has 0 aromatic heterocycles. The fourth-order valence-electron chi connectivity index (χ4n) is 6.76. The van der Waals surface area contributed by atoms with E-state index in [1.54, 1.807) is 24.3 Å². The van der Waals surface area contributed by atoms with Gasteiger partial charge in [-0.25, -0.2) is 0 Å². The van der Waals surface area contributed by atoms with Crippen LogP contribution in [0.3, 0.4) is 0 Å². The summed E-state index contributed by atoms with van der Waals surface area (Å²) >= 11 is 3.69. The minimum Gasteiger partial charge on any atom is -0.494 e. The summed E-state index contributed by atoms with van der Waals surface area (Å²) in [5.74, 6) is -1.88. The van der Waals surface area contributed by atoms with Crippen LogP contribution < -0.4 is 15.4 Å². The monoisotopic (exact) mass is 622 g/mol. The molecule has 4 saturated heterocycles. The molecule has 0 saturated carbocycles. The van der Waals surface area contributed by atoms with Crippen LogP contribution in [-0.2, 0) is 23.9 Å². The molecule has 4 aliphatic rings. The molecular weight excluding hydrogens is 584 g/mol. The molecule has 2 bridgehead atoms. The summed E-state index contributed by atoms with van der Waals surface area (Å²) in [5.41, 5.74) is -0.583. The summed E-state index contributed by atoms with van der Waals surface area (Å²) in [4.78, 5) is 45.1. The van der Waals surface area contributed by atoms with E-state index in [0.29, 0.717) is 57.2 Å². The minimum absolute atomic E-state index is 0.203. The number of anilines is 1. The Morgan fingerprint density at radius 2 is 1.93 bits per heavy atom. The van der Waals surface area contributed by atoms with Crippen LogP contribution in [0.1, 0.15) is 26.7 Å². The van der Waals surface area contributed by atoms with Crippen LogP contribution >= 0.6 is 15.9 Å². The lowest BCUT2D eigenvalue weighted by atomic mass is 9.70. The first-order valence-corrected chi connectivity index (χ1v) is 15.1. The van der Waals surface area contributed by atoms with Gasteiger partial charge in [-0.1, -0.05) is 22.9 Å². The largest absolute Gasteiger partial charge is 0.494 e. The van der Waals surface area contributed by atoms with E-state index in [1.165, 1.54) is 4.90 Å². The van der Waals surface area contributed by atoms with Gasteiger partial charge in [0.1, 0.15) is 17.4 Å². The van der Waals surface area contributed by atoms with Gasteiger partial charge in [-0.05, 0) is 44.0 Å². The number of ether oxygens (including phenoxy) is 3. The molecule has 4 aliphatic heterocycles. The molecule has 40 heavy (non-hydrogen) atoms. The highest BCUT2D eigenvalue weighted by Crippen LogP contribution is 2.60. The number of hydrogen-bond donors (Lipinski definition) is 3. The second-order valence-corrected chi connectivity index (χ2v) is 12.0. The average molecular weight is 624 g/mol. The van der Waals surface area contributed by atoms with E-state index in [0.717, 1.165) is 13.1 Å². The van der Waals surface area contributed by atoms with Gasteiger partial charge in [0.2, 0.25) is 17.7 Å². The molecule has 4 heterocycles. The third kappa shape index (κ3) is 5.24. The molecule has 11 nitrogen and oxygen atoms in total. The zero-order valence-electron chi connectivity index (χ0n) is 23.0. The molecule has 1 aromatic rings. The number of carbonyl (C=O) groups excluding carboxylic acids is 3. The second-order valence-electron chi connectivity index (χ2n) is 10.8. The fourth-order valence-corrected chi connectivity index (χ4v) is 7.70. The number of alkyl halides is 1. The van der Waals surface area contributed by atoms with Crippen molar-refractivity contribution in [3.05, 3.63) is 24.3 Å². The number of amides is 3. The topological polar surface area (TPSA) is 130 Å². The van der Waals surface area contributed by atoms with Crippen LogP contribution in [0.2, 0.25) is 0 Å². The van der Waals surface area contributed by atoms with Crippen molar-refractivity contribution in [1.29, 1.82) is 0 Å². The van der Waals surface area contributed by atoms with E-state index in [4.69, 9.17) is 14.2 Å². The maximum Gasteiger partial charge on any atom is 0.245 e. The normalized spacial score (nSPS) is 32.1. The maximum absolute atomic E-state index is 14.1. The number of aliphatic hydroxyl groups is 1. The number of rotatable bonds is 11. The molecule has 5 rings (SSSR count). The van der Waals surface area contributed by atoms with Gasteiger partial charge >= 0.3 is 0 Å². The molecule has 0 aliphatic carbocycles. The van der Waals surface area contributed by atoms with Crippen molar-refractivity contribution >= 4 is 39.3 Å². The number of likely N-dealkylation sites (tertiary alicyclic amines) is 1. The van der Waals surface area contributed by atoms with Gasteiger partial charge < -0.3 is 34.9 Å². The molecule has 3 amide bonds. The molecular formula is C28H39BrN4O7. The number of nitrogens with one attached hydrogen (secondary N) is 2. The number of nitrogens with zero attached hydrogens (tertiary/aromatic N) is 2. The molecule has 220 valence electrons. The molecule has 3 N–H and O–H groups in total. The Balaban J connectivity index is 1.38. The van der Waals surface area contributed by atoms with Crippen LogP contribution in [0, 0.1) is 11.8 Å². The van der Waals surface area contributed by atoms with Gasteiger partial charge in [0.05, 0.1) is 50.4 Å². The number of hydrogen-bond acceptors (Lipinski definition) is 8. The predicted molar refractivity (Wildman–Crippen MR) is 150 cm³/mol. The lowest BCUT2D eigenvalue weighted by Crippen LogP contribution is -2.58. The Labute approximate surface area is 243 Å². The molecule has 7 atom stereocenters. The quantitative estimate of drug-likeness (QED) is 0.312. The lowest BCUT2D eigenvalue weighted by molar-refractivity contribution is -0.145. The molecule has 4 fully saturated rings. The van der Waals surface area contributed by atoms with Gasteiger partial charge in [-0.2, -0.15) is 0 Å². The molecule has 1 spiro atoms. The number of morpholine rings is 1. The van der Waals surface area contributed by atoms with E-state index < -0.39 is 35.6 Å². The van der Waals surface area contributed by atoms with E-state index >= 15 is 0 Å². The zero-order chi connectivity index (χ0) is 28.4. The van der Waals surface area contributed by atoms with Gasteiger partial charge in [0, 0.05) is 36.7 Å². The first kappa shape index (κ1) is 29.2. The van der Waals surface area contributed by atoms with Crippen LogP contribution in [0.4, 0.5) is 5.69 Å². The van der Waals surface area contributed by atoms with E-state index in [9.17, 15) is 19.5 Å². The van der Waals surface area contributed by atoms with Crippen molar-refractivity contribution in [3.8, 4) is 5.75 Å². The smallest absolute Gasteiger partial charge is 0.245 e. The predicted octanol–water partition coefficient (Wildman–Crippen LogP) is 0.991. The highest BCUT2D eigenvalue weighted by Gasteiger charge is 2.76. The number of halogens is 1. The van der Waals surface area contributed by atoms with Crippen molar-refractivity contribution in [1.82, 2.24) is 15.1 Å². The van der Waals surface area contributed by atoms with E-state index in [-0.39, 0.29) is 29.2 Å². The molecule has 12 heteroatoms. The Hall–Kier alpha value is -2.25. The van der Waals surface area contributed by atoms with Crippen LogP contribution in [-0.4, -0.2) is 114 Å². The van der Waals surface area contributed by atoms with Crippen LogP contribution in [0.5, 0.6) is 5.75 Å². The number of carbonyl (C=O) groups is 3. The van der Waals surface area contributed by atoms with Crippen molar-refractivity contribution in [2.75, 3.05) is 57.9 Å². The minimum atomic E-state index is -1.16. The lowest BCUT2D eigenvalue weighted by Gasteiger charge is -2.36.